The number of alkyl halides is 2. The molecule has 2 aromatic rings. The zero-order valence-electron chi connectivity index (χ0n) is 18.6. The van der Waals surface area contributed by atoms with Gasteiger partial charge in [0.05, 0.1) is 17.6 Å². The van der Waals surface area contributed by atoms with E-state index < -0.39 is 30.2 Å². The van der Waals surface area contributed by atoms with Crippen molar-refractivity contribution in [2.24, 2.45) is 5.92 Å². The number of nitrogens with one attached hydrogen (secondary N) is 2. The van der Waals surface area contributed by atoms with Gasteiger partial charge in [0.15, 0.2) is 0 Å². The van der Waals surface area contributed by atoms with Crippen LogP contribution in [0.1, 0.15) is 46.4 Å². The molecular formula is C24H25F3N2O6. The molecule has 188 valence electrons. The molecule has 11 heteroatoms. The van der Waals surface area contributed by atoms with Crippen molar-refractivity contribution in [3.05, 3.63) is 59.4 Å². The molecule has 0 spiro atoms. The van der Waals surface area contributed by atoms with Gasteiger partial charge in [0, 0.05) is 24.7 Å². The van der Waals surface area contributed by atoms with Crippen LogP contribution in [0, 0.1) is 11.7 Å². The minimum atomic E-state index is -2.96. The van der Waals surface area contributed by atoms with Gasteiger partial charge in [-0.05, 0) is 62.1 Å². The molecule has 0 aromatic heterocycles. The highest BCUT2D eigenvalue weighted by Crippen LogP contribution is 2.28. The van der Waals surface area contributed by atoms with Gasteiger partial charge >= 0.3 is 12.6 Å². The molecule has 0 radical (unpaired) electrons. The number of rotatable bonds is 10. The number of halogens is 3. The summed E-state index contributed by atoms with van der Waals surface area (Å²) in [7, 11) is 0. The molecule has 1 fully saturated rings. The molecule has 35 heavy (non-hydrogen) atoms. The number of aliphatic carboxylic acids is 1. The van der Waals surface area contributed by atoms with E-state index in [4.69, 9.17) is 9.84 Å². The highest BCUT2D eigenvalue weighted by atomic mass is 19.3. The lowest BCUT2D eigenvalue weighted by molar-refractivity contribution is -0.143. The number of carbonyl (C=O) groups excluding carboxylic acids is 2. The van der Waals surface area contributed by atoms with Crippen LogP contribution in [-0.4, -0.2) is 48.7 Å². The quantitative estimate of drug-likeness (QED) is 0.435. The SMILES string of the molecule is O=C(NCCNC(=O)c1ccc(O[C@H]2CC[C@@H](C(=O)O)CC2)cc1F)c1ccc(OC(F)F)cc1. The Hall–Kier alpha value is -3.76. The van der Waals surface area contributed by atoms with E-state index in [-0.39, 0.29) is 47.7 Å². The van der Waals surface area contributed by atoms with Gasteiger partial charge in [-0.25, -0.2) is 4.39 Å². The first-order valence-corrected chi connectivity index (χ1v) is 11.0. The summed E-state index contributed by atoms with van der Waals surface area (Å²) in [5.41, 5.74) is 0.0314. The molecule has 2 amide bonds. The molecule has 1 aliphatic carbocycles. The standard InChI is InChI=1S/C24H25F3N2O6/c25-20-13-18(34-16-7-3-15(4-8-16)23(32)33)9-10-19(20)22(31)29-12-11-28-21(30)14-1-5-17(6-2-14)35-24(26)27/h1-2,5-6,9-10,13,15-16,24H,3-4,7-8,11-12H2,(H,28,30)(H,29,31)(H,32,33)/t15-,16+. The van der Waals surface area contributed by atoms with Gasteiger partial charge in [-0.2, -0.15) is 8.78 Å². The summed E-state index contributed by atoms with van der Waals surface area (Å²) < 4.78 is 48.7. The number of carbonyl (C=O) groups is 3. The van der Waals surface area contributed by atoms with Gasteiger partial charge in [-0.3, -0.25) is 14.4 Å². The average Bonchev–Trinajstić information content (AvgIpc) is 2.82. The van der Waals surface area contributed by atoms with E-state index in [0.717, 1.165) is 6.07 Å². The Morgan fingerprint density at radius 2 is 1.51 bits per heavy atom. The van der Waals surface area contributed by atoms with Crippen molar-refractivity contribution in [1.82, 2.24) is 10.6 Å². The summed E-state index contributed by atoms with van der Waals surface area (Å²) in [5, 5.41) is 14.1. The molecule has 0 heterocycles. The maximum absolute atomic E-state index is 14.4. The Bertz CT molecular complexity index is 1040. The number of benzene rings is 2. The van der Waals surface area contributed by atoms with Gasteiger partial charge in [0.2, 0.25) is 0 Å². The number of ether oxygens (including phenoxy) is 2. The number of amides is 2. The van der Waals surface area contributed by atoms with Gasteiger partial charge in [0.1, 0.15) is 17.3 Å². The third kappa shape index (κ3) is 7.62. The van der Waals surface area contributed by atoms with E-state index in [9.17, 15) is 27.6 Å². The molecule has 1 saturated carbocycles. The van der Waals surface area contributed by atoms with Crippen molar-refractivity contribution in [2.75, 3.05) is 13.1 Å². The Morgan fingerprint density at radius 1 is 0.914 bits per heavy atom. The summed E-state index contributed by atoms with van der Waals surface area (Å²) in [6.45, 7) is -2.87. The molecule has 8 nitrogen and oxygen atoms in total. The smallest absolute Gasteiger partial charge is 0.387 e. The molecule has 2 aromatic carbocycles. The topological polar surface area (TPSA) is 114 Å². The Kier molecular flexibility index (Phi) is 8.93. The Balaban J connectivity index is 1.42. The molecule has 3 rings (SSSR count). The van der Waals surface area contributed by atoms with Gasteiger partial charge < -0.3 is 25.2 Å². The van der Waals surface area contributed by atoms with Crippen molar-refractivity contribution < 1.29 is 42.1 Å². The minimum absolute atomic E-state index is 0.0294. The third-order valence-electron chi connectivity index (χ3n) is 5.55. The summed E-state index contributed by atoms with van der Waals surface area (Å²) in [4.78, 5) is 35.4. The van der Waals surface area contributed by atoms with Crippen LogP contribution >= 0.6 is 0 Å². The molecule has 1 aliphatic rings. The summed E-state index contributed by atoms with van der Waals surface area (Å²) in [6, 6.07) is 9.00. The lowest BCUT2D eigenvalue weighted by Gasteiger charge is -2.26. The van der Waals surface area contributed by atoms with Crippen molar-refractivity contribution in [2.45, 2.75) is 38.4 Å². The highest BCUT2D eigenvalue weighted by molar-refractivity contribution is 5.95. The van der Waals surface area contributed by atoms with E-state index in [2.05, 4.69) is 15.4 Å². The second-order valence-electron chi connectivity index (χ2n) is 7.99. The van der Waals surface area contributed by atoms with Crippen LogP contribution in [0.4, 0.5) is 13.2 Å². The maximum atomic E-state index is 14.4. The lowest BCUT2D eigenvalue weighted by Crippen LogP contribution is -2.35. The summed E-state index contributed by atoms with van der Waals surface area (Å²) in [5.74, 6) is -2.93. The number of hydrogen-bond acceptors (Lipinski definition) is 5. The van der Waals surface area contributed by atoms with Crippen molar-refractivity contribution in [3.8, 4) is 11.5 Å². The Labute approximate surface area is 199 Å². The van der Waals surface area contributed by atoms with Crippen LogP contribution in [-0.2, 0) is 4.79 Å². The van der Waals surface area contributed by atoms with Crippen molar-refractivity contribution in [3.63, 3.8) is 0 Å². The summed E-state index contributed by atoms with van der Waals surface area (Å²) >= 11 is 0. The van der Waals surface area contributed by atoms with Crippen LogP contribution in [0.15, 0.2) is 42.5 Å². The van der Waals surface area contributed by atoms with Crippen LogP contribution < -0.4 is 20.1 Å². The number of hydrogen-bond donors (Lipinski definition) is 3. The molecule has 0 aliphatic heterocycles. The maximum Gasteiger partial charge on any atom is 0.387 e. The van der Waals surface area contributed by atoms with Gasteiger partial charge in [-0.1, -0.05) is 0 Å². The van der Waals surface area contributed by atoms with Crippen molar-refractivity contribution in [1.29, 1.82) is 0 Å². The largest absolute Gasteiger partial charge is 0.490 e. The predicted molar refractivity (Wildman–Crippen MR) is 118 cm³/mol. The molecule has 0 saturated heterocycles. The fourth-order valence-electron chi connectivity index (χ4n) is 3.71. The van der Waals surface area contributed by atoms with Gasteiger partial charge in [0.25, 0.3) is 11.8 Å². The first-order chi connectivity index (χ1) is 16.7. The molecular weight excluding hydrogens is 469 g/mol. The van der Waals surface area contributed by atoms with Crippen molar-refractivity contribution >= 4 is 17.8 Å². The highest BCUT2D eigenvalue weighted by Gasteiger charge is 2.27. The second kappa shape index (κ2) is 12.1. The zero-order chi connectivity index (χ0) is 25.4. The first-order valence-electron chi connectivity index (χ1n) is 11.0. The fraction of sp³-hybridized carbons (Fsp3) is 0.375. The second-order valence-corrected chi connectivity index (χ2v) is 7.99. The molecule has 3 N–H and O–H groups in total. The first kappa shape index (κ1) is 25.9. The summed E-state index contributed by atoms with van der Waals surface area (Å²) in [6.07, 6.45) is 1.90. The molecule has 0 unspecified atom stereocenters. The Morgan fingerprint density at radius 3 is 2.09 bits per heavy atom. The molecule has 0 atom stereocenters. The monoisotopic (exact) mass is 494 g/mol. The predicted octanol–water partition coefficient (Wildman–Crippen LogP) is 3.61. The van der Waals surface area contributed by atoms with Crippen LogP contribution in [0.25, 0.3) is 0 Å². The average molecular weight is 494 g/mol. The van der Waals surface area contributed by atoms with E-state index in [0.29, 0.717) is 25.7 Å². The lowest BCUT2D eigenvalue weighted by atomic mass is 9.87. The van der Waals surface area contributed by atoms with Gasteiger partial charge in [-0.15, -0.1) is 0 Å². The van der Waals surface area contributed by atoms with E-state index in [1.54, 1.807) is 0 Å². The van der Waals surface area contributed by atoms with Crippen LogP contribution in [0.5, 0.6) is 11.5 Å². The van der Waals surface area contributed by atoms with Crippen LogP contribution in [0.2, 0.25) is 0 Å². The fourth-order valence-corrected chi connectivity index (χ4v) is 3.71. The minimum Gasteiger partial charge on any atom is -0.490 e. The van der Waals surface area contributed by atoms with E-state index in [1.807, 2.05) is 0 Å². The van der Waals surface area contributed by atoms with E-state index in [1.165, 1.54) is 36.4 Å². The zero-order valence-corrected chi connectivity index (χ0v) is 18.6. The van der Waals surface area contributed by atoms with Crippen LogP contribution in [0.3, 0.4) is 0 Å². The normalized spacial score (nSPS) is 17.5. The third-order valence-corrected chi connectivity index (χ3v) is 5.55. The van der Waals surface area contributed by atoms with E-state index >= 15 is 0 Å². The number of carboxylic acid groups (broad SMARTS) is 1. The molecule has 0 bridgehead atoms. The number of carboxylic acids is 1.